The monoisotopic (exact) mass is 320 g/mol. The molecule has 21 heavy (non-hydrogen) atoms. The highest BCUT2D eigenvalue weighted by molar-refractivity contribution is 7.90. The highest BCUT2D eigenvalue weighted by atomic mass is 35.5. The first-order chi connectivity index (χ1) is 9.95. The minimum Gasteiger partial charge on any atom is -0.612 e. The maximum Gasteiger partial charge on any atom is 0.210 e. The molecule has 0 amide bonds. The van der Waals surface area contributed by atoms with E-state index in [0.717, 1.165) is 0 Å². The lowest BCUT2D eigenvalue weighted by Crippen LogP contribution is -2.10. The molecule has 0 fully saturated rings. The van der Waals surface area contributed by atoms with Crippen LogP contribution in [0.2, 0.25) is 5.02 Å². The molecule has 1 aromatic heterocycles. The van der Waals surface area contributed by atoms with Gasteiger partial charge in [0.1, 0.15) is 11.9 Å². The van der Waals surface area contributed by atoms with Crippen molar-refractivity contribution in [3.05, 3.63) is 52.3 Å². The molecule has 1 aromatic carbocycles. The van der Waals surface area contributed by atoms with Gasteiger partial charge < -0.3 is 9.12 Å². The molecule has 0 N–H and O–H groups in total. The van der Waals surface area contributed by atoms with Crippen LogP contribution in [-0.2, 0) is 24.6 Å². The molecular formula is C15H13ClN2O2S. The third-order valence-corrected chi connectivity index (χ3v) is 4.43. The van der Waals surface area contributed by atoms with Crippen LogP contribution in [0.4, 0.5) is 0 Å². The van der Waals surface area contributed by atoms with Crippen molar-refractivity contribution in [2.45, 2.75) is 11.3 Å². The van der Waals surface area contributed by atoms with Crippen LogP contribution in [0.15, 0.2) is 35.2 Å². The van der Waals surface area contributed by atoms with Gasteiger partial charge in [-0.15, -0.1) is 0 Å². The van der Waals surface area contributed by atoms with Crippen molar-refractivity contribution in [1.82, 2.24) is 4.57 Å². The summed E-state index contributed by atoms with van der Waals surface area (Å²) in [4.78, 5) is 13.2. The topological polar surface area (TPSA) is 68.8 Å². The zero-order chi connectivity index (χ0) is 15.6. The molecule has 4 nitrogen and oxygen atoms in total. The number of ketones is 1. The smallest absolute Gasteiger partial charge is 0.210 e. The number of nitrogens with zero attached hydrogens (tertiary/aromatic N) is 2. The normalized spacial score (nSPS) is 12.0. The van der Waals surface area contributed by atoms with Crippen molar-refractivity contribution in [2.24, 2.45) is 7.05 Å². The first-order valence-corrected chi connectivity index (χ1v) is 8.08. The summed E-state index contributed by atoms with van der Waals surface area (Å²) >= 11 is 5.03. The Morgan fingerprint density at radius 1 is 1.43 bits per heavy atom. The predicted octanol–water partition coefficient (Wildman–Crippen LogP) is 2.71. The number of hydrogen-bond acceptors (Lipinski definition) is 3. The Bertz CT molecular complexity index is 715. The maximum absolute atomic E-state index is 12.5. The summed E-state index contributed by atoms with van der Waals surface area (Å²) in [5, 5.41) is 9.09. The lowest BCUT2D eigenvalue weighted by molar-refractivity contribution is 0.103. The number of carbonyl (C=O) groups is 1. The summed E-state index contributed by atoms with van der Waals surface area (Å²) in [7, 11) is 1.71. The largest absolute Gasteiger partial charge is 0.612 e. The fraction of sp³-hybridized carbons (Fsp3) is 0.200. The Hall–Kier alpha value is -1.74. The van der Waals surface area contributed by atoms with Crippen molar-refractivity contribution in [2.75, 3.05) is 6.26 Å². The van der Waals surface area contributed by atoms with E-state index >= 15 is 0 Å². The highest BCUT2D eigenvalue weighted by Gasteiger charge is 2.20. The van der Waals surface area contributed by atoms with Crippen LogP contribution in [0.1, 0.15) is 21.7 Å². The quantitative estimate of drug-likeness (QED) is 0.642. The lowest BCUT2D eigenvalue weighted by Gasteiger charge is -2.07. The third-order valence-electron chi connectivity index (χ3n) is 3.21. The van der Waals surface area contributed by atoms with E-state index in [2.05, 4.69) is 0 Å². The van der Waals surface area contributed by atoms with E-state index in [1.54, 1.807) is 48.2 Å². The van der Waals surface area contributed by atoms with Crippen molar-refractivity contribution in [1.29, 1.82) is 5.26 Å². The zero-order valence-corrected chi connectivity index (χ0v) is 13.2. The Labute approximate surface area is 131 Å². The molecule has 0 aliphatic carbocycles. The van der Waals surface area contributed by atoms with Gasteiger partial charge in [-0.3, -0.25) is 4.79 Å². The van der Waals surface area contributed by atoms with Crippen LogP contribution in [0.25, 0.3) is 0 Å². The molecule has 0 saturated carbocycles. The molecule has 108 valence electrons. The molecule has 0 spiro atoms. The van der Waals surface area contributed by atoms with Gasteiger partial charge in [-0.25, -0.2) is 0 Å². The molecule has 0 radical (unpaired) electrons. The maximum atomic E-state index is 12.5. The molecule has 0 aliphatic heterocycles. The second-order valence-corrected chi connectivity index (χ2v) is 6.32. The van der Waals surface area contributed by atoms with Crippen molar-refractivity contribution in [3.8, 4) is 6.07 Å². The molecule has 1 unspecified atom stereocenters. The number of benzene rings is 1. The van der Waals surface area contributed by atoms with Crippen LogP contribution in [-0.4, -0.2) is 21.2 Å². The van der Waals surface area contributed by atoms with Crippen LogP contribution >= 0.6 is 11.6 Å². The SMILES string of the molecule is Cn1c(CC#N)cc(Cl)c1C(=O)c1ccc([S+](C)[O-])cc1. The summed E-state index contributed by atoms with van der Waals surface area (Å²) in [5.41, 5.74) is 1.51. The molecular weight excluding hydrogens is 308 g/mol. The van der Waals surface area contributed by atoms with Crippen LogP contribution in [0, 0.1) is 11.3 Å². The van der Waals surface area contributed by atoms with E-state index in [-0.39, 0.29) is 12.2 Å². The van der Waals surface area contributed by atoms with Crippen LogP contribution < -0.4 is 0 Å². The van der Waals surface area contributed by atoms with Crippen molar-refractivity contribution in [3.63, 3.8) is 0 Å². The van der Waals surface area contributed by atoms with Gasteiger partial charge in [-0.1, -0.05) is 11.6 Å². The van der Waals surface area contributed by atoms with Crippen molar-refractivity contribution < 1.29 is 9.35 Å². The summed E-state index contributed by atoms with van der Waals surface area (Å²) < 4.78 is 13.0. The average molecular weight is 321 g/mol. The van der Waals surface area contributed by atoms with Gasteiger partial charge in [0.25, 0.3) is 0 Å². The third kappa shape index (κ3) is 3.13. The van der Waals surface area contributed by atoms with E-state index < -0.39 is 11.2 Å². The summed E-state index contributed by atoms with van der Waals surface area (Å²) in [6, 6.07) is 10.3. The Balaban J connectivity index is 2.38. The van der Waals surface area contributed by atoms with Gasteiger partial charge in [0.05, 0.1) is 17.5 Å². The minimum absolute atomic E-state index is 0.192. The van der Waals surface area contributed by atoms with Gasteiger partial charge in [-0.2, -0.15) is 5.26 Å². The van der Waals surface area contributed by atoms with Gasteiger partial charge in [0, 0.05) is 18.3 Å². The molecule has 0 aliphatic rings. The summed E-state index contributed by atoms with van der Waals surface area (Å²) in [5.74, 6) is -0.222. The summed E-state index contributed by atoms with van der Waals surface area (Å²) in [6.45, 7) is 0. The average Bonchev–Trinajstić information content (AvgIpc) is 2.73. The fourth-order valence-electron chi connectivity index (χ4n) is 2.06. The van der Waals surface area contributed by atoms with Gasteiger partial charge >= 0.3 is 0 Å². The van der Waals surface area contributed by atoms with Gasteiger partial charge in [-0.05, 0) is 41.5 Å². The van der Waals surface area contributed by atoms with Gasteiger partial charge in [0.2, 0.25) is 5.78 Å². The lowest BCUT2D eigenvalue weighted by atomic mass is 10.1. The standard InChI is InChI=1S/C15H13ClN2O2S/c1-18-11(7-8-17)9-13(16)14(18)15(19)10-3-5-12(6-4-10)21(2)20/h3-6,9H,7H2,1-2H3. The van der Waals surface area contributed by atoms with E-state index in [1.807, 2.05) is 6.07 Å². The number of rotatable bonds is 4. The van der Waals surface area contributed by atoms with Gasteiger partial charge in [0.15, 0.2) is 4.90 Å². The van der Waals surface area contributed by atoms with E-state index in [4.69, 9.17) is 16.9 Å². The van der Waals surface area contributed by atoms with Crippen LogP contribution in [0.5, 0.6) is 0 Å². The van der Waals surface area contributed by atoms with E-state index in [1.165, 1.54) is 0 Å². The number of carbonyl (C=O) groups excluding carboxylic acids is 1. The number of halogens is 1. The second kappa shape index (κ2) is 6.35. The molecule has 6 heteroatoms. The number of hydrogen-bond donors (Lipinski definition) is 0. The molecule has 0 saturated heterocycles. The highest BCUT2D eigenvalue weighted by Crippen LogP contribution is 2.24. The Kier molecular flexibility index (Phi) is 4.73. The predicted molar refractivity (Wildman–Crippen MR) is 81.9 cm³/mol. The molecule has 2 aromatic rings. The van der Waals surface area contributed by atoms with E-state index in [0.29, 0.717) is 26.9 Å². The first-order valence-electron chi connectivity index (χ1n) is 6.15. The first kappa shape index (κ1) is 15.6. The summed E-state index contributed by atoms with van der Waals surface area (Å²) in [6.07, 6.45) is 1.77. The van der Waals surface area contributed by atoms with Crippen molar-refractivity contribution >= 4 is 28.6 Å². The van der Waals surface area contributed by atoms with Crippen LogP contribution in [0.3, 0.4) is 0 Å². The Morgan fingerprint density at radius 3 is 2.57 bits per heavy atom. The fourth-order valence-corrected chi connectivity index (χ4v) is 2.92. The zero-order valence-electron chi connectivity index (χ0n) is 11.6. The molecule has 1 heterocycles. The second-order valence-electron chi connectivity index (χ2n) is 4.53. The van der Waals surface area contributed by atoms with E-state index in [9.17, 15) is 9.35 Å². The minimum atomic E-state index is -1.08. The molecule has 0 bridgehead atoms. The number of nitriles is 1. The number of aromatic nitrogens is 1. The molecule has 1 atom stereocenters. The molecule has 2 rings (SSSR count). The Morgan fingerprint density at radius 2 is 2.05 bits per heavy atom.